The molecule has 7 nitrogen and oxygen atoms in total. The molecule has 142 valence electrons. The molecule has 2 aliphatic heterocycles. The number of hydrogen-bond donors (Lipinski definition) is 1. The smallest absolute Gasteiger partial charge is 0.244 e. The van der Waals surface area contributed by atoms with Gasteiger partial charge in [-0.1, -0.05) is 18.0 Å². The first kappa shape index (κ1) is 17.9. The van der Waals surface area contributed by atoms with Crippen LogP contribution in [0.1, 0.15) is 36.5 Å². The number of benzene rings is 1. The van der Waals surface area contributed by atoms with Gasteiger partial charge in [-0.3, -0.25) is 4.79 Å². The number of aryl methyl sites for hydroxylation is 1. The topological polar surface area (TPSA) is 78.3 Å². The van der Waals surface area contributed by atoms with Crippen LogP contribution < -0.4 is 14.8 Å². The van der Waals surface area contributed by atoms with E-state index in [0.717, 1.165) is 36.6 Å². The number of rotatable bonds is 5. The number of ether oxygens (including phenoxy) is 2. The third-order valence-electron chi connectivity index (χ3n) is 4.71. The minimum Gasteiger partial charge on any atom is -0.454 e. The highest BCUT2D eigenvalue weighted by atomic mass is 35.5. The Morgan fingerprint density at radius 2 is 2.19 bits per heavy atom. The summed E-state index contributed by atoms with van der Waals surface area (Å²) >= 11 is 6.15. The van der Waals surface area contributed by atoms with Crippen LogP contribution in [-0.4, -0.2) is 34.0 Å². The van der Waals surface area contributed by atoms with E-state index in [2.05, 4.69) is 20.1 Å². The number of carbonyl (C=O) groups excluding carboxylic acids is 1. The van der Waals surface area contributed by atoms with Crippen molar-refractivity contribution in [3.8, 4) is 11.5 Å². The van der Waals surface area contributed by atoms with Crippen molar-refractivity contribution >= 4 is 23.6 Å². The predicted octanol–water partition coefficient (Wildman–Crippen LogP) is 2.76. The third-order valence-corrected chi connectivity index (χ3v) is 4.99. The van der Waals surface area contributed by atoms with Gasteiger partial charge in [0.25, 0.3) is 0 Å². The Balaban J connectivity index is 1.31. The van der Waals surface area contributed by atoms with E-state index in [-0.39, 0.29) is 12.7 Å². The number of halogens is 1. The average molecular weight is 389 g/mol. The molecule has 0 fully saturated rings. The fraction of sp³-hybridized carbons (Fsp3) is 0.421. The normalized spacial score (nSPS) is 15.6. The lowest BCUT2D eigenvalue weighted by Gasteiger charge is -2.07. The van der Waals surface area contributed by atoms with Crippen molar-refractivity contribution in [3.05, 3.63) is 40.4 Å². The van der Waals surface area contributed by atoms with Crippen molar-refractivity contribution < 1.29 is 14.3 Å². The van der Waals surface area contributed by atoms with Crippen LogP contribution in [0.2, 0.25) is 5.02 Å². The molecule has 3 heterocycles. The van der Waals surface area contributed by atoms with Crippen LogP contribution in [0.3, 0.4) is 0 Å². The van der Waals surface area contributed by atoms with Crippen LogP contribution >= 0.6 is 11.6 Å². The van der Waals surface area contributed by atoms with Crippen molar-refractivity contribution in [1.82, 2.24) is 20.1 Å². The maximum Gasteiger partial charge on any atom is 0.244 e. The summed E-state index contributed by atoms with van der Waals surface area (Å²) in [6, 6.07) is 3.54. The van der Waals surface area contributed by atoms with Crippen molar-refractivity contribution in [3.63, 3.8) is 0 Å². The van der Waals surface area contributed by atoms with E-state index in [4.69, 9.17) is 21.1 Å². The van der Waals surface area contributed by atoms with E-state index in [1.807, 2.05) is 0 Å². The van der Waals surface area contributed by atoms with Crippen LogP contribution in [0.5, 0.6) is 11.5 Å². The summed E-state index contributed by atoms with van der Waals surface area (Å²) in [6.45, 7) is 1.65. The maximum atomic E-state index is 12.1. The van der Waals surface area contributed by atoms with Crippen LogP contribution in [-0.2, 0) is 24.2 Å². The minimum atomic E-state index is -0.167. The molecule has 1 N–H and O–H groups in total. The molecule has 1 aromatic carbocycles. The summed E-state index contributed by atoms with van der Waals surface area (Å²) in [6.07, 6.45) is 8.40. The molecule has 4 rings (SSSR count). The first-order valence-corrected chi connectivity index (χ1v) is 9.54. The molecule has 27 heavy (non-hydrogen) atoms. The van der Waals surface area contributed by atoms with E-state index in [9.17, 15) is 4.79 Å². The van der Waals surface area contributed by atoms with Gasteiger partial charge >= 0.3 is 0 Å². The van der Waals surface area contributed by atoms with Crippen LogP contribution in [0.15, 0.2) is 18.2 Å². The van der Waals surface area contributed by atoms with Gasteiger partial charge in [0.2, 0.25) is 12.7 Å². The molecule has 0 aliphatic carbocycles. The number of hydrogen-bond acceptors (Lipinski definition) is 5. The molecular formula is C19H21ClN4O3. The van der Waals surface area contributed by atoms with E-state index in [1.54, 1.807) is 18.2 Å². The minimum absolute atomic E-state index is 0.162. The molecule has 0 atom stereocenters. The molecule has 0 saturated carbocycles. The fourth-order valence-electron chi connectivity index (χ4n) is 3.34. The molecule has 0 spiro atoms. The lowest BCUT2D eigenvalue weighted by molar-refractivity contribution is -0.116. The SMILES string of the molecule is O=C(/C=C/c1cc(Cl)c2c(c1)OCO2)NCCc1nnc2n1CCCCC2. The summed E-state index contributed by atoms with van der Waals surface area (Å²) < 4.78 is 12.8. The highest BCUT2D eigenvalue weighted by Crippen LogP contribution is 2.40. The Bertz CT molecular complexity index is 878. The predicted molar refractivity (Wildman–Crippen MR) is 101 cm³/mol. The standard InChI is InChI=1S/C19H21ClN4O3/c20-14-10-13(11-15-19(14)27-12-26-15)5-6-18(25)21-8-7-17-23-22-16-4-2-1-3-9-24(16)17/h5-6,10-11H,1-4,7-9,12H2,(H,21,25)/b6-5+. The highest BCUT2D eigenvalue weighted by Gasteiger charge is 2.18. The zero-order valence-electron chi connectivity index (χ0n) is 14.9. The summed E-state index contributed by atoms with van der Waals surface area (Å²) in [4.78, 5) is 12.1. The number of carbonyl (C=O) groups is 1. The van der Waals surface area contributed by atoms with E-state index >= 15 is 0 Å². The molecular weight excluding hydrogens is 368 g/mol. The first-order valence-electron chi connectivity index (χ1n) is 9.17. The molecule has 0 unspecified atom stereocenters. The molecule has 8 heteroatoms. The molecule has 0 bridgehead atoms. The zero-order chi connectivity index (χ0) is 18.6. The fourth-order valence-corrected chi connectivity index (χ4v) is 3.62. The van der Waals surface area contributed by atoms with Crippen molar-refractivity contribution in [1.29, 1.82) is 0 Å². The number of amides is 1. The highest BCUT2D eigenvalue weighted by molar-refractivity contribution is 6.32. The van der Waals surface area contributed by atoms with E-state index in [0.29, 0.717) is 29.5 Å². The summed E-state index contributed by atoms with van der Waals surface area (Å²) in [5.74, 6) is 2.98. The molecule has 1 aromatic heterocycles. The van der Waals surface area contributed by atoms with Gasteiger partial charge in [0.05, 0.1) is 5.02 Å². The lowest BCUT2D eigenvalue weighted by Crippen LogP contribution is -2.24. The van der Waals surface area contributed by atoms with Crippen LogP contribution in [0.25, 0.3) is 6.08 Å². The second-order valence-electron chi connectivity index (χ2n) is 6.61. The maximum absolute atomic E-state index is 12.1. The van der Waals surface area contributed by atoms with Crippen molar-refractivity contribution in [2.45, 2.75) is 38.6 Å². The van der Waals surface area contributed by atoms with Crippen molar-refractivity contribution in [2.75, 3.05) is 13.3 Å². The molecule has 0 radical (unpaired) electrons. The average Bonchev–Trinajstić information content (AvgIpc) is 3.21. The van der Waals surface area contributed by atoms with Gasteiger partial charge in [0.1, 0.15) is 11.6 Å². The van der Waals surface area contributed by atoms with Gasteiger partial charge in [0.15, 0.2) is 11.5 Å². The second kappa shape index (κ2) is 8.00. The summed E-state index contributed by atoms with van der Waals surface area (Å²) in [7, 11) is 0. The van der Waals surface area contributed by atoms with Gasteiger partial charge in [-0.05, 0) is 36.6 Å². The van der Waals surface area contributed by atoms with Crippen molar-refractivity contribution in [2.24, 2.45) is 0 Å². The Morgan fingerprint density at radius 3 is 3.11 bits per heavy atom. The molecule has 2 aromatic rings. The van der Waals surface area contributed by atoms with Crippen LogP contribution in [0.4, 0.5) is 0 Å². The van der Waals surface area contributed by atoms with E-state index in [1.165, 1.54) is 18.9 Å². The number of nitrogens with one attached hydrogen (secondary N) is 1. The zero-order valence-corrected chi connectivity index (χ0v) is 15.7. The molecule has 0 saturated heterocycles. The Kier molecular flexibility index (Phi) is 5.29. The lowest BCUT2D eigenvalue weighted by atomic mass is 10.2. The van der Waals surface area contributed by atoms with Gasteiger partial charge in [0, 0.05) is 32.0 Å². The van der Waals surface area contributed by atoms with E-state index < -0.39 is 0 Å². The first-order chi connectivity index (χ1) is 13.2. The summed E-state index contributed by atoms with van der Waals surface area (Å²) in [5.41, 5.74) is 0.780. The number of fused-ring (bicyclic) bond motifs is 2. The Hall–Kier alpha value is -2.54. The monoisotopic (exact) mass is 388 g/mol. The van der Waals surface area contributed by atoms with Gasteiger partial charge in [-0.25, -0.2) is 0 Å². The third kappa shape index (κ3) is 4.08. The Morgan fingerprint density at radius 1 is 1.26 bits per heavy atom. The van der Waals surface area contributed by atoms with Gasteiger partial charge in [-0.15, -0.1) is 10.2 Å². The number of nitrogens with zero attached hydrogens (tertiary/aromatic N) is 3. The molecule has 1 amide bonds. The van der Waals surface area contributed by atoms with Gasteiger partial charge in [-0.2, -0.15) is 0 Å². The summed E-state index contributed by atoms with van der Waals surface area (Å²) in [5, 5.41) is 11.9. The van der Waals surface area contributed by atoms with Gasteiger partial charge < -0.3 is 19.4 Å². The van der Waals surface area contributed by atoms with Crippen LogP contribution in [0, 0.1) is 0 Å². The largest absolute Gasteiger partial charge is 0.454 e. The second-order valence-corrected chi connectivity index (χ2v) is 7.01. The number of aromatic nitrogens is 3. The quantitative estimate of drug-likeness (QED) is 0.797. The Labute approximate surface area is 162 Å². The molecule has 2 aliphatic rings.